The number of benzene rings is 2. The van der Waals surface area contributed by atoms with E-state index >= 15 is 0 Å². The van der Waals surface area contributed by atoms with Crippen LogP contribution in [0.5, 0.6) is 0 Å². The first-order chi connectivity index (χ1) is 13.3. The van der Waals surface area contributed by atoms with E-state index in [-0.39, 0.29) is 22.5 Å². The number of hydrogen-bond acceptors (Lipinski definition) is 3. The van der Waals surface area contributed by atoms with Crippen LogP contribution in [0.1, 0.15) is 16.7 Å². The number of nitrogens with one attached hydrogen (secondary N) is 1. The normalized spacial score (nSPS) is 17.3. The van der Waals surface area contributed by atoms with Crippen molar-refractivity contribution in [2.45, 2.75) is 25.2 Å². The van der Waals surface area contributed by atoms with Crippen LogP contribution < -0.4 is 5.32 Å². The van der Waals surface area contributed by atoms with Gasteiger partial charge in [-0.1, -0.05) is 30.3 Å². The van der Waals surface area contributed by atoms with Crippen LogP contribution in [0.3, 0.4) is 0 Å². The summed E-state index contributed by atoms with van der Waals surface area (Å²) in [6.45, 7) is 0.0809. The number of alkyl halides is 3. The fraction of sp³-hybridized carbons (Fsp3) is 0.200. The molecule has 0 saturated carbocycles. The highest BCUT2D eigenvalue weighted by Crippen LogP contribution is 2.33. The predicted molar refractivity (Wildman–Crippen MR) is 101 cm³/mol. The van der Waals surface area contributed by atoms with Gasteiger partial charge >= 0.3 is 6.18 Å². The van der Waals surface area contributed by atoms with Crippen LogP contribution in [0.4, 0.5) is 18.0 Å². The van der Waals surface area contributed by atoms with Crippen LogP contribution in [0.25, 0.3) is 10.9 Å². The number of carbonyl (C=O) groups excluding carboxylic acids is 2. The second kappa shape index (κ2) is 7.01. The van der Waals surface area contributed by atoms with Crippen molar-refractivity contribution >= 4 is 33.0 Å². The number of amides is 1. The molecule has 1 fully saturated rings. The van der Waals surface area contributed by atoms with Crippen molar-refractivity contribution < 1.29 is 22.8 Å². The van der Waals surface area contributed by atoms with Crippen LogP contribution >= 0.6 is 11.8 Å². The molecule has 0 bridgehead atoms. The standard InChI is InChI=1S/C20H15F3N2O2S/c21-20(22,23)15-6-2-1-4-13(15)11-25-9-8-14-12(5-3-7-17(14)25)10-16-18(26)28-19(27)24-16/h1-9,16H,10-11H2,(H,24,27). The summed E-state index contributed by atoms with van der Waals surface area (Å²) in [7, 11) is 0. The molecule has 1 amide bonds. The third kappa shape index (κ3) is 3.52. The second-order valence-corrected chi connectivity index (χ2v) is 7.54. The molecule has 2 heterocycles. The van der Waals surface area contributed by atoms with E-state index in [1.807, 2.05) is 18.2 Å². The minimum absolute atomic E-state index is 0.0809. The Labute approximate surface area is 162 Å². The van der Waals surface area contributed by atoms with Gasteiger partial charge < -0.3 is 9.88 Å². The molecule has 0 radical (unpaired) electrons. The third-order valence-electron chi connectivity index (χ3n) is 4.76. The van der Waals surface area contributed by atoms with Gasteiger partial charge in [-0.25, -0.2) is 0 Å². The zero-order chi connectivity index (χ0) is 19.9. The minimum atomic E-state index is -4.41. The summed E-state index contributed by atoms with van der Waals surface area (Å²) >= 11 is 0.663. The van der Waals surface area contributed by atoms with Gasteiger partial charge in [0.05, 0.1) is 5.56 Å². The molecule has 28 heavy (non-hydrogen) atoms. The van der Waals surface area contributed by atoms with E-state index in [1.165, 1.54) is 12.1 Å². The number of nitrogens with zero attached hydrogens (tertiary/aromatic N) is 1. The molecular weight excluding hydrogens is 389 g/mol. The Morgan fingerprint density at radius 2 is 1.75 bits per heavy atom. The predicted octanol–water partition coefficient (Wildman–Crippen LogP) is 4.60. The highest BCUT2D eigenvalue weighted by atomic mass is 32.2. The van der Waals surface area contributed by atoms with Gasteiger partial charge in [-0.3, -0.25) is 9.59 Å². The largest absolute Gasteiger partial charge is 0.416 e. The number of carbonyl (C=O) groups is 2. The van der Waals surface area contributed by atoms with Crippen LogP contribution in [-0.2, 0) is 23.9 Å². The maximum absolute atomic E-state index is 13.3. The molecule has 1 atom stereocenters. The van der Waals surface area contributed by atoms with Crippen LogP contribution in [0.2, 0.25) is 0 Å². The number of aromatic nitrogens is 1. The zero-order valence-electron chi connectivity index (χ0n) is 14.5. The summed E-state index contributed by atoms with van der Waals surface area (Å²) in [5, 5.41) is 2.90. The first-order valence-electron chi connectivity index (χ1n) is 8.57. The fourth-order valence-electron chi connectivity index (χ4n) is 3.47. The minimum Gasteiger partial charge on any atom is -0.343 e. The summed E-state index contributed by atoms with van der Waals surface area (Å²) in [4.78, 5) is 23.2. The molecule has 4 nitrogen and oxygen atoms in total. The summed E-state index contributed by atoms with van der Waals surface area (Å²) in [5.74, 6) is 0. The van der Waals surface area contributed by atoms with Gasteiger partial charge in [-0.15, -0.1) is 0 Å². The van der Waals surface area contributed by atoms with Crippen molar-refractivity contribution in [3.05, 3.63) is 71.4 Å². The van der Waals surface area contributed by atoms with Crippen molar-refractivity contribution in [2.75, 3.05) is 0 Å². The van der Waals surface area contributed by atoms with Gasteiger partial charge in [0.2, 0.25) is 5.12 Å². The molecule has 1 unspecified atom stereocenters. The van der Waals surface area contributed by atoms with Gasteiger partial charge in [-0.05, 0) is 29.3 Å². The lowest BCUT2D eigenvalue weighted by Crippen LogP contribution is -2.30. The second-order valence-electron chi connectivity index (χ2n) is 6.56. The molecule has 1 aromatic heterocycles. The molecule has 2 aromatic carbocycles. The van der Waals surface area contributed by atoms with Gasteiger partial charge in [0.1, 0.15) is 6.04 Å². The summed E-state index contributed by atoms with van der Waals surface area (Å²) in [6.07, 6.45) is -2.33. The molecule has 4 rings (SSSR count). The van der Waals surface area contributed by atoms with Crippen LogP contribution in [0, 0.1) is 0 Å². The van der Waals surface area contributed by atoms with E-state index < -0.39 is 17.8 Å². The van der Waals surface area contributed by atoms with E-state index in [2.05, 4.69) is 5.32 Å². The maximum Gasteiger partial charge on any atom is 0.416 e. The SMILES string of the molecule is O=C1NC(Cc2cccc3c2ccn3Cc2ccccc2C(F)(F)F)C(=O)S1. The Bertz CT molecular complexity index is 1070. The molecule has 8 heteroatoms. The summed E-state index contributed by atoms with van der Waals surface area (Å²) < 4.78 is 41.6. The van der Waals surface area contributed by atoms with E-state index in [1.54, 1.807) is 22.9 Å². The Kier molecular flexibility index (Phi) is 4.66. The van der Waals surface area contributed by atoms with E-state index in [9.17, 15) is 22.8 Å². The van der Waals surface area contributed by atoms with Crippen LogP contribution in [-0.4, -0.2) is 21.0 Å². The topological polar surface area (TPSA) is 51.1 Å². The number of hydrogen-bond donors (Lipinski definition) is 1. The molecule has 0 aliphatic carbocycles. The van der Waals surface area contributed by atoms with Gasteiger partial charge in [0, 0.05) is 41.8 Å². The van der Waals surface area contributed by atoms with Crippen molar-refractivity contribution in [1.82, 2.24) is 9.88 Å². The van der Waals surface area contributed by atoms with Crippen molar-refractivity contribution in [1.29, 1.82) is 0 Å². The van der Waals surface area contributed by atoms with Crippen molar-refractivity contribution in [3.63, 3.8) is 0 Å². The highest BCUT2D eigenvalue weighted by molar-refractivity contribution is 8.26. The van der Waals surface area contributed by atoms with E-state index in [0.717, 1.165) is 22.5 Å². The van der Waals surface area contributed by atoms with Crippen LogP contribution in [0.15, 0.2) is 54.7 Å². The smallest absolute Gasteiger partial charge is 0.343 e. The maximum atomic E-state index is 13.3. The first-order valence-corrected chi connectivity index (χ1v) is 9.38. The lowest BCUT2D eigenvalue weighted by Gasteiger charge is -2.14. The number of rotatable bonds is 4. The Balaban J connectivity index is 1.66. The molecule has 1 saturated heterocycles. The first kappa shape index (κ1) is 18.6. The van der Waals surface area contributed by atoms with Gasteiger partial charge in [0.15, 0.2) is 0 Å². The number of halogens is 3. The molecule has 144 valence electrons. The number of fused-ring (bicyclic) bond motifs is 1. The fourth-order valence-corrected chi connectivity index (χ4v) is 4.14. The third-order valence-corrected chi connectivity index (χ3v) is 5.55. The van der Waals surface area contributed by atoms with Crippen molar-refractivity contribution in [3.8, 4) is 0 Å². The molecule has 1 N–H and O–H groups in total. The average Bonchev–Trinajstić information content (AvgIpc) is 3.18. The molecule has 0 spiro atoms. The molecule has 1 aliphatic heterocycles. The lowest BCUT2D eigenvalue weighted by molar-refractivity contribution is -0.138. The summed E-state index contributed by atoms with van der Waals surface area (Å²) in [6, 6.07) is 12.3. The lowest BCUT2D eigenvalue weighted by atomic mass is 10.0. The van der Waals surface area contributed by atoms with Gasteiger partial charge in [-0.2, -0.15) is 13.2 Å². The van der Waals surface area contributed by atoms with E-state index in [4.69, 9.17) is 0 Å². The highest BCUT2D eigenvalue weighted by Gasteiger charge is 2.33. The molecule has 1 aliphatic rings. The Hall–Kier alpha value is -2.74. The van der Waals surface area contributed by atoms with Gasteiger partial charge in [0.25, 0.3) is 5.24 Å². The molecular formula is C20H15F3N2O2S. The Morgan fingerprint density at radius 1 is 1.00 bits per heavy atom. The average molecular weight is 404 g/mol. The quantitative estimate of drug-likeness (QED) is 0.691. The van der Waals surface area contributed by atoms with E-state index in [0.29, 0.717) is 18.2 Å². The summed E-state index contributed by atoms with van der Waals surface area (Å²) in [5.41, 5.74) is 1.18. The number of thioether (sulfide) groups is 1. The molecule has 3 aromatic rings. The van der Waals surface area contributed by atoms with Crippen molar-refractivity contribution in [2.24, 2.45) is 0 Å². The zero-order valence-corrected chi connectivity index (χ0v) is 15.3. The Morgan fingerprint density at radius 3 is 2.46 bits per heavy atom. The monoisotopic (exact) mass is 404 g/mol.